The molecule has 0 spiro atoms. The minimum absolute atomic E-state index is 0.0316. The standard InChI is InChI=1S/C25H19ClFN3O3/c26-20-10-11-23(33-16-24(31)30-22-9-5-4-8-21(22)27)18(13-20)12-19(14-28)25(32)29-15-17-6-2-1-3-7-17/h1-13H,15-16H2,(H,29,32)(H,30,31). The summed E-state index contributed by atoms with van der Waals surface area (Å²) in [5.74, 6) is -1.48. The Morgan fingerprint density at radius 2 is 1.79 bits per heavy atom. The first kappa shape index (κ1) is 23.5. The normalized spacial score (nSPS) is 10.8. The average molecular weight is 464 g/mol. The second kappa shape index (κ2) is 11.5. The van der Waals surface area contributed by atoms with Gasteiger partial charge in [-0.1, -0.05) is 54.1 Å². The number of amides is 2. The molecule has 0 saturated heterocycles. The lowest BCUT2D eigenvalue weighted by molar-refractivity contribution is -0.118. The summed E-state index contributed by atoms with van der Waals surface area (Å²) in [4.78, 5) is 24.6. The van der Waals surface area contributed by atoms with Gasteiger partial charge in [0.1, 0.15) is 23.2 Å². The van der Waals surface area contributed by atoms with Crippen molar-refractivity contribution in [3.8, 4) is 11.8 Å². The third-order valence-electron chi connectivity index (χ3n) is 4.44. The molecule has 166 valence electrons. The number of para-hydroxylation sites is 1. The van der Waals surface area contributed by atoms with Crippen molar-refractivity contribution in [2.24, 2.45) is 0 Å². The topological polar surface area (TPSA) is 91.2 Å². The van der Waals surface area contributed by atoms with Crippen molar-refractivity contribution in [2.75, 3.05) is 11.9 Å². The molecule has 0 radical (unpaired) electrons. The lowest BCUT2D eigenvalue weighted by Gasteiger charge is -2.11. The van der Waals surface area contributed by atoms with Gasteiger partial charge in [-0.05, 0) is 42.0 Å². The van der Waals surface area contributed by atoms with Gasteiger partial charge in [-0.25, -0.2) is 4.39 Å². The maximum Gasteiger partial charge on any atom is 0.262 e. The van der Waals surface area contributed by atoms with Crippen molar-refractivity contribution in [1.29, 1.82) is 5.26 Å². The summed E-state index contributed by atoms with van der Waals surface area (Å²) in [6, 6.07) is 21.5. The van der Waals surface area contributed by atoms with Gasteiger partial charge in [0, 0.05) is 17.1 Å². The van der Waals surface area contributed by atoms with Crippen LogP contribution in [0.4, 0.5) is 10.1 Å². The van der Waals surface area contributed by atoms with E-state index in [9.17, 15) is 19.2 Å². The van der Waals surface area contributed by atoms with Crippen molar-refractivity contribution in [2.45, 2.75) is 6.54 Å². The monoisotopic (exact) mass is 463 g/mol. The lowest BCUT2D eigenvalue weighted by Crippen LogP contribution is -2.24. The average Bonchev–Trinajstić information content (AvgIpc) is 2.82. The van der Waals surface area contributed by atoms with Gasteiger partial charge < -0.3 is 15.4 Å². The van der Waals surface area contributed by atoms with Crippen LogP contribution < -0.4 is 15.4 Å². The molecule has 0 aliphatic rings. The Hall–Kier alpha value is -4.15. The van der Waals surface area contributed by atoms with Crippen LogP contribution in [0.3, 0.4) is 0 Å². The highest BCUT2D eigenvalue weighted by Gasteiger charge is 2.13. The van der Waals surface area contributed by atoms with E-state index in [4.69, 9.17) is 16.3 Å². The van der Waals surface area contributed by atoms with E-state index in [-0.39, 0.29) is 23.6 Å². The molecule has 33 heavy (non-hydrogen) atoms. The fourth-order valence-electron chi connectivity index (χ4n) is 2.83. The van der Waals surface area contributed by atoms with Crippen molar-refractivity contribution in [1.82, 2.24) is 5.32 Å². The molecule has 0 saturated carbocycles. The van der Waals surface area contributed by atoms with Gasteiger partial charge in [-0.15, -0.1) is 0 Å². The summed E-state index contributed by atoms with van der Waals surface area (Å²) in [6.07, 6.45) is 1.33. The van der Waals surface area contributed by atoms with Crippen LogP contribution in [0.15, 0.2) is 78.4 Å². The zero-order valence-corrected chi connectivity index (χ0v) is 18.1. The van der Waals surface area contributed by atoms with Crippen LogP contribution in [0.5, 0.6) is 5.75 Å². The molecule has 0 heterocycles. The van der Waals surface area contributed by atoms with E-state index in [0.29, 0.717) is 10.6 Å². The third kappa shape index (κ3) is 6.92. The molecular formula is C25H19ClFN3O3. The van der Waals surface area contributed by atoms with E-state index in [1.807, 2.05) is 36.4 Å². The van der Waals surface area contributed by atoms with Crippen LogP contribution in [0.25, 0.3) is 6.08 Å². The molecule has 3 rings (SSSR count). The quantitative estimate of drug-likeness (QED) is 0.373. The van der Waals surface area contributed by atoms with E-state index in [1.165, 1.54) is 36.4 Å². The van der Waals surface area contributed by atoms with Crippen LogP contribution in [-0.2, 0) is 16.1 Å². The number of ether oxygens (including phenoxy) is 1. The molecule has 3 aromatic rings. The van der Waals surface area contributed by atoms with E-state index >= 15 is 0 Å². The molecule has 0 aliphatic carbocycles. The largest absolute Gasteiger partial charge is 0.483 e. The van der Waals surface area contributed by atoms with Crippen LogP contribution in [0, 0.1) is 17.1 Å². The number of nitrogens with one attached hydrogen (secondary N) is 2. The highest BCUT2D eigenvalue weighted by Crippen LogP contribution is 2.25. The first-order valence-corrected chi connectivity index (χ1v) is 10.2. The second-order valence-electron chi connectivity index (χ2n) is 6.84. The maximum atomic E-state index is 13.7. The summed E-state index contributed by atoms with van der Waals surface area (Å²) in [5, 5.41) is 14.9. The number of hydrogen-bond donors (Lipinski definition) is 2. The van der Waals surface area contributed by atoms with Crippen LogP contribution in [0.1, 0.15) is 11.1 Å². The third-order valence-corrected chi connectivity index (χ3v) is 4.67. The summed E-state index contributed by atoms with van der Waals surface area (Å²) < 4.78 is 19.2. The van der Waals surface area contributed by atoms with Gasteiger partial charge in [0.05, 0.1) is 5.69 Å². The number of rotatable bonds is 8. The zero-order valence-electron chi connectivity index (χ0n) is 17.3. The highest BCUT2D eigenvalue weighted by atomic mass is 35.5. The van der Waals surface area contributed by atoms with Crippen LogP contribution in [-0.4, -0.2) is 18.4 Å². The van der Waals surface area contributed by atoms with Gasteiger partial charge in [0.25, 0.3) is 11.8 Å². The summed E-state index contributed by atoms with van der Waals surface area (Å²) in [7, 11) is 0. The van der Waals surface area contributed by atoms with Crippen LogP contribution >= 0.6 is 11.6 Å². The van der Waals surface area contributed by atoms with Crippen LogP contribution in [0.2, 0.25) is 5.02 Å². The maximum absolute atomic E-state index is 13.7. The van der Waals surface area contributed by atoms with Gasteiger partial charge in [0.15, 0.2) is 6.61 Å². The highest BCUT2D eigenvalue weighted by molar-refractivity contribution is 6.30. The molecule has 0 unspecified atom stereocenters. The minimum Gasteiger partial charge on any atom is -0.483 e. The fourth-order valence-corrected chi connectivity index (χ4v) is 3.01. The molecule has 6 nitrogen and oxygen atoms in total. The first-order chi connectivity index (χ1) is 16.0. The Morgan fingerprint density at radius 1 is 1.06 bits per heavy atom. The molecule has 0 atom stereocenters. The van der Waals surface area contributed by atoms with Crippen molar-refractivity contribution in [3.63, 3.8) is 0 Å². The fraction of sp³-hybridized carbons (Fsp3) is 0.0800. The number of nitrogens with zero attached hydrogens (tertiary/aromatic N) is 1. The van der Waals surface area contributed by atoms with Gasteiger partial charge in [-0.2, -0.15) is 5.26 Å². The molecule has 2 amide bonds. The molecular weight excluding hydrogens is 445 g/mol. The molecule has 3 aromatic carbocycles. The number of nitriles is 1. The number of carbonyl (C=O) groups excluding carboxylic acids is 2. The Balaban J connectivity index is 1.70. The Morgan fingerprint density at radius 3 is 2.52 bits per heavy atom. The number of anilines is 1. The number of carbonyl (C=O) groups is 2. The summed E-state index contributed by atoms with van der Waals surface area (Å²) in [6.45, 7) is -0.160. The Kier molecular flexibility index (Phi) is 8.17. The van der Waals surface area contributed by atoms with E-state index < -0.39 is 24.2 Å². The van der Waals surface area contributed by atoms with E-state index in [0.717, 1.165) is 5.56 Å². The zero-order chi connectivity index (χ0) is 23.6. The van der Waals surface area contributed by atoms with Gasteiger partial charge in [-0.3, -0.25) is 9.59 Å². The smallest absolute Gasteiger partial charge is 0.262 e. The van der Waals surface area contributed by atoms with Crippen molar-refractivity contribution >= 4 is 35.2 Å². The SMILES string of the molecule is N#CC(=Cc1cc(Cl)ccc1OCC(=O)Nc1ccccc1F)C(=O)NCc1ccccc1. The van der Waals surface area contributed by atoms with Gasteiger partial charge in [0.2, 0.25) is 0 Å². The first-order valence-electron chi connectivity index (χ1n) is 9.87. The number of benzene rings is 3. The van der Waals surface area contributed by atoms with Crippen molar-refractivity contribution < 1.29 is 18.7 Å². The predicted octanol–water partition coefficient (Wildman–Crippen LogP) is 4.72. The number of hydrogen-bond acceptors (Lipinski definition) is 4. The molecule has 0 aromatic heterocycles. The summed E-state index contributed by atoms with van der Waals surface area (Å²) in [5.41, 5.74) is 1.10. The van der Waals surface area contributed by atoms with Crippen molar-refractivity contribution in [3.05, 3.63) is 100 Å². The number of halogens is 2. The van der Waals surface area contributed by atoms with Gasteiger partial charge >= 0.3 is 0 Å². The Bertz CT molecular complexity index is 1220. The lowest BCUT2D eigenvalue weighted by atomic mass is 10.1. The molecule has 0 fully saturated rings. The molecule has 0 aliphatic heterocycles. The predicted molar refractivity (Wildman–Crippen MR) is 124 cm³/mol. The second-order valence-corrected chi connectivity index (χ2v) is 7.27. The van der Waals surface area contributed by atoms with E-state index in [2.05, 4.69) is 10.6 Å². The minimum atomic E-state index is -0.578. The molecule has 2 N–H and O–H groups in total. The molecule has 8 heteroatoms. The van der Waals surface area contributed by atoms with E-state index in [1.54, 1.807) is 12.1 Å². The Labute approximate surface area is 195 Å². The summed E-state index contributed by atoms with van der Waals surface area (Å²) >= 11 is 6.06. The molecule has 0 bridgehead atoms.